The lowest BCUT2D eigenvalue weighted by molar-refractivity contribution is -0.165. The minimum absolute atomic E-state index is 0.0982. The number of ether oxygens (including phenoxy) is 6. The van der Waals surface area contributed by atoms with Crippen molar-refractivity contribution in [2.45, 2.75) is 92.5 Å². The molecule has 0 bridgehead atoms. The van der Waals surface area contributed by atoms with E-state index in [4.69, 9.17) is 28.4 Å². The first kappa shape index (κ1) is 31.8. The number of hydrogen-bond acceptors (Lipinski definition) is 6. The zero-order valence-electron chi connectivity index (χ0n) is 22.6. The van der Waals surface area contributed by atoms with E-state index in [-0.39, 0.29) is 18.1 Å². The van der Waals surface area contributed by atoms with Crippen LogP contribution in [-0.4, -0.2) is 77.8 Å². The van der Waals surface area contributed by atoms with Gasteiger partial charge in [-0.1, -0.05) is 47.5 Å². The van der Waals surface area contributed by atoms with E-state index in [1.807, 2.05) is 6.92 Å². The summed E-state index contributed by atoms with van der Waals surface area (Å²) in [6, 6.07) is 0. The maximum Gasteiger partial charge on any atom is 0.107 e. The molecule has 0 saturated carbocycles. The van der Waals surface area contributed by atoms with Crippen molar-refractivity contribution in [3.05, 3.63) is 0 Å². The van der Waals surface area contributed by atoms with Crippen molar-refractivity contribution in [2.24, 2.45) is 17.8 Å². The van der Waals surface area contributed by atoms with Gasteiger partial charge in [-0.2, -0.15) is 0 Å². The summed E-state index contributed by atoms with van der Waals surface area (Å²) in [6.07, 6.45) is 2.84. The lowest BCUT2D eigenvalue weighted by atomic mass is 9.85. The van der Waals surface area contributed by atoms with Gasteiger partial charge in [-0.15, -0.1) is 0 Å². The van der Waals surface area contributed by atoms with Gasteiger partial charge in [-0.3, -0.25) is 0 Å². The van der Waals surface area contributed by atoms with E-state index in [2.05, 4.69) is 48.5 Å². The molecule has 32 heavy (non-hydrogen) atoms. The summed E-state index contributed by atoms with van der Waals surface area (Å²) in [7, 11) is 1.70. The Labute approximate surface area is 199 Å². The molecule has 5 atom stereocenters. The zero-order chi connectivity index (χ0) is 24.4. The van der Waals surface area contributed by atoms with E-state index in [1.165, 1.54) is 0 Å². The molecule has 0 aliphatic heterocycles. The maximum atomic E-state index is 6.34. The molecule has 0 saturated heterocycles. The van der Waals surface area contributed by atoms with Gasteiger partial charge >= 0.3 is 0 Å². The largest absolute Gasteiger partial charge is 0.382 e. The molecule has 0 fully saturated rings. The topological polar surface area (TPSA) is 55.4 Å². The first-order chi connectivity index (χ1) is 15.3. The fourth-order valence-corrected chi connectivity index (χ4v) is 3.52. The van der Waals surface area contributed by atoms with Gasteiger partial charge in [-0.25, -0.2) is 0 Å². The Morgan fingerprint density at radius 1 is 0.781 bits per heavy atom. The molecule has 0 radical (unpaired) electrons. The first-order valence-corrected chi connectivity index (χ1v) is 12.8. The van der Waals surface area contributed by atoms with Crippen LogP contribution in [0.4, 0.5) is 0 Å². The van der Waals surface area contributed by atoms with Crippen molar-refractivity contribution in [3.63, 3.8) is 0 Å². The van der Waals surface area contributed by atoms with Crippen LogP contribution in [0.3, 0.4) is 0 Å². The van der Waals surface area contributed by atoms with Crippen LogP contribution in [0, 0.1) is 17.8 Å². The Kier molecular flexibility index (Phi) is 19.0. The Hall–Kier alpha value is -0.240. The first-order valence-electron chi connectivity index (χ1n) is 12.8. The molecule has 0 spiro atoms. The van der Waals surface area contributed by atoms with Gasteiger partial charge in [0.1, 0.15) is 6.10 Å². The molecular weight excluding hydrogens is 408 g/mol. The predicted octanol–water partition coefficient (Wildman–Crippen LogP) is 5.37. The molecule has 0 aliphatic carbocycles. The van der Waals surface area contributed by atoms with Crippen molar-refractivity contribution >= 4 is 0 Å². The van der Waals surface area contributed by atoms with Gasteiger partial charge < -0.3 is 28.4 Å². The van der Waals surface area contributed by atoms with Crippen LogP contribution in [-0.2, 0) is 28.4 Å². The summed E-state index contributed by atoms with van der Waals surface area (Å²) in [4.78, 5) is 0. The van der Waals surface area contributed by atoms with E-state index in [1.54, 1.807) is 7.11 Å². The molecule has 194 valence electrons. The minimum Gasteiger partial charge on any atom is -0.382 e. The molecule has 6 nitrogen and oxygen atoms in total. The van der Waals surface area contributed by atoms with Crippen LogP contribution in [0.1, 0.15) is 74.7 Å². The quantitative estimate of drug-likeness (QED) is 0.202. The molecule has 0 amide bonds. The van der Waals surface area contributed by atoms with Gasteiger partial charge in [0.2, 0.25) is 0 Å². The fraction of sp³-hybridized carbons (Fsp3) is 1.00. The molecule has 0 rings (SSSR count). The van der Waals surface area contributed by atoms with Crippen molar-refractivity contribution < 1.29 is 28.4 Å². The minimum atomic E-state index is -0.392. The Morgan fingerprint density at radius 3 is 2.06 bits per heavy atom. The third-order valence-corrected chi connectivity index (χ3v) is 6.01. The molecule has 6 heteroatoms. The average Bonchev–Trinajstić information content (AvgIpc) is 2.77. The summed E-state index contributed by atoms with van der Waals surface area (Å²) >= 11 is 0. The highest BCUT2D eigenvalue weighted by molar-refractivity contribution is 4.82. The lowest BCUT2D eigenvalue weighted by Gasteiger charge is -2.37. The normalized spacial score (nSPS) is 17.2. The third kappa shape index (κ3) is 14.1. The molecule has 0 aliphatic rings. The molecule has 0 aromatic heterocycles. The smallest absolute Gasteiger partial charge is 0.107 e. The van der Waals surface area contributed by atoms with Crippen LogP contribution >= 0.6 is 0 Å². The molecule has 0 aromatic rings. The van der Waals surface area contributed by atoms with Gasteiger partial charge in [0.25, 0.3) is 0 Å². The maximum absolute atomic E-state index is 6.34. The summed E-state index contributed by atoms with van der Waals surface area (Å²) in [5.74, 6) is 1.21. The fourth-order valence-electron chi connectivity index (χ4n) is 3.52. The zero-order valence-corrected chi connectivity index (χ0v) is 22.6. The van der Waals surface area contributed by atoms with E-state index >= 15 is 0 Å². The second kappa shape index (κ2) is 19.1. The number of hydrogen-bond donors (Lipinski definition) is 0. The second-order valence-corrected chi connectivity index (χ2v) is 9.52. The van der Waals surface area contributed by atoms with Gasteiger partial charge in [0.15, 0.2) is 0 Å². The van der Waals surface area contributed by atoms with Crippen LogP contribution in [0.2, 0.25) is 0 Å². The van der Waals surface area contributed by atoms with Crippen molar-refractivity contribution in [3.8, 4) is 0 Å². The van der Waals surface area contributed by atoms with Crippen LogP contribution in [0.15, 0.2) is 0 Å². The predicted molar refractivity (Wildman–Crippen MR) is 131 cm³/mol. The van der Waals surface area contributed by atoms with Crippen LogP contribution in [0.25, 0.3) is 0 Å². The summed E-state index contributed by atoms with van der Waals surface area (Å²) < 4.78 is 35.9. The molecule has 5 unspecified atom stereocenters. The highest BCUT2D eigenvalue weighted by Gasteiger charge is 2.34. The van der Waals surface area contributed by atoms with Crippen molar-refractivity contribution in [1.29, 1.82) is 0 Å². The van der Waals surface area contributed by atoms with E-state index in [0.29, 0.717) is 44.9 Å². The monoisotopic (exact) mass is 462 g/mol. The number of rotatable bonds is 22. The highest BCUT2D eigenvalue weighted by atomic mass is 16.6. The number of methoxy groups -OCH3 is 1. The van der Waals surface area contributed by atoms with E-state index < -0.39 is 5.60 Å². The van der Waals surface area contributed by atoms with E-state index in [0.717, 1.165) is 39.1 Å². The van der Waals surface area contributed by atoms with Gasteiger partial charge in [-0.05, 0) is 44.9 Å². The Bertz CT molecular complexity index is 417. The van der Waals surface area contributed by atoms with Gasteiger partial charge in [0.05, 0.1) is 38.1 Å². The summed E-state index contributed by atoms with van der Waals surface area (Å²) in [5, 5.41) is 0. The van der Waals surface area contributed by atoms with Crippen molar-refractivity contribution in [1.82, 2.24) is 0 Å². The lowest BCUT2D eigenvalue weighted by Crippen LogP contribution is -2.46. The second-order valence-electron chi connectivity index (χ2n) is 9.52. The molecule has 0 heterocycles. The summed E-state index contributed by atoms with van der Waals surface area (Å²) in [6.45, 7) is 22.2. The van der Waals surface area contributed by atoms with Crippen LogP contribution in [0.5, 0.6) is 0 Å². The average molecular weight is 463 g/mol. The molecule has 0 N–H and O–H groups in total. The molecular formula is C26H54O6. The Balaban J connectivity index is 5.26. The third-order valence-electron chi connectivity index (χ3n) is 6.01. The highest BCUT2D eigenvalue weighted by Crippen LogP contribution is 2.27. The van der Waals surface area contributed by atoms with Crippen molar-refractivity contribution in [2.75, 3.05) is 60.0 Å². The standard InChI is InChI=1S/C26H54O6/c1-10-14-30-24(19-32-26(7,8)20-29-17-21(5)11-2)25(31-16-15-27-9)22(6)23(12-3)18-28-13-4/h21-25H,10-20H2,1-9H3. The van der Waals surface area contributed by atoms with E-state index in [9.17, 15) is 0 Å². The SMILES string of the molecule is CCCOC(COC(C)(C)COCC(C)CC)C(OCCOC)C(C)C(CC)COCC. The van der Waals surface area contributed by atoms with Crippen LogP contribution < -0.4 is 0 Å². The molecule has 0 aromatic carbocycles. The van der Waals surface area contributed by atoms with Gasteiger partial charge in [0, 0.05) is 33.5 Å². The summed E-state index contributed by atoms with van der Waals surface area (Å²) in [5.41, 5.74) is -0.392. The Morgan fingerprint density at radius 2 is 1.50 bits per heavy atom.